The lowest BCUT2D eigenvalue weighted by molar-refractivity contribution is 0.824. The number of hydrogen-bond acceptors (Lipinski definition) is 0. The van der Waals surface area contributed by atoms with Gasteiger partial charge in [-0.15, -0.1) is 0 Å². The molecule has 1 nitrogen and oxygen atoms in total. The minimum atomic E-state index is 0. The highest BCUT2D eigenvalue weighted by molar-refractivity contribution is 5.70. The smallest absolute Gasteiger partial charge is 0.0184 e. The van der Waals surface area contributed by atoms with Crippen LogP contribution < -0.4 is 0 Å². The van der Waals surface area contributed by atoms with Gasteiger partial charge >= 0.3 is 0 Å². The Bertz CT molecular complexity index is 555. The Kier molecular flexibility index (Phi) is 6.93. The van der Waals surface area contributed by atoms with Crippen molar-refractivity contribution in [2.24, 2.45) is 0 Å². The Labute approximate surface area is 127 Å². The van der Waals surface area contributed by atoms with Crippen LogP contribution in [0.4, 0.5) is 0 Å². The van der Waals surface area contributed by atoms with Crippen LogP contribution in [0.3, 0.4) is 0 Å². The molecule has 2 N–H and O–H groups in total. The molecule has 3 aromatic carbocycles. The molecule has 0 amide bonds. The van der Waals surface area contributed by atoms with Crippen LogP contribution in [-0.2, 0) is 0 Å². The van der Waals surface area contributed by atoms with Gasteiger partial charge in [-0.3, -0.25) is 0 Å². The van der Waals surface area contributed by atoms with Gasteiger partial charge in [-0.1, -0.05) is 98.8 Å². The molecule has 108 valence electrons. The topological polar surface area (TPSA) is 31.5 Å². The maximum Gasteiger partial charge on any atom is -0.0184 e. The molecule has 0 aliphatic rings. The monoisotopic (exact) mass is 278 g/mol. The Morgan fingerprint density at radius 1 is 0.381 bits per heavy atom. The van der Waals surface area contributed by atoms with Crippen molar-refractivity contribution >= 4 is 0 Å². The third-order valence-electron chi connectivity index (χ3n) is 3.10. The number of benzene rings is 3. The molecular formula is C20H22O. The molecule has 3 aromatic rings. The molecule has 1 heteroatoms. The normalized spacial score (nSPS) is 9.05. The SMILES string of the molecule is CC.O.c1ccc(-c2ccc(-c3ccccc3)cc2)cc1. The van der Waals surface area contributed by atoms with Crippen molar-refractivity contribution in [1.29, 1.82) is 0 Å². The Hall–Kier alpha value is -2.38. The van der Waals surface area contributed by atoms with E-state index in [-0.39, 0.29) is 5.48 Å². The van der Waals surface area contributed by atoms with Gasteiger partial charge in [-0.25, -0.2) is 0 Å². The van der Waals surface area contributed by atoms with E-state index >= 15 is 0 Å². The molecule has 0 aliphatic carbocycles. The second-order valence-corrected chi connectivity index (χ2v) is 4.31. The summed E-state index contributed by atoms with van der Waals surface area (Å²) in [7, 11) is 0. The van der Waals surface area contributed by atoms with Crippen molar-refractivity contribution in [3.05, 3.63) is 84.9 Å². The van der Waals surface area contributed by atoms with Gasteiger partial charge < -0.3 is 5.48 Å². The Morgan fingerprint density at radius 3 is 0.905 bits per heavy atom. The van der Waals surface area contributed by atoms with Crippen LogP contribution in [0.25, 0.3) is 22.3 Å². The van der Waals surface area contributed by atoms with Gasteiger partial charge in [0.15, 0.2) is 0 Å². The van der Waals surface area contributed by atoms with Crippen molar-refractivity contribution in [2.45, 2.75) is 13.8 Å². The lowest BCUT2D eigenvalue weighted by Gasteiger charge is -2.04. The molecule has 0 atom stereocenters. The molecule has 0 unspecified atom stereocenters. The van der Waals surface area contributed by atoms with Gasteiger partial charge in [-0.05, 0) is 22.3 Å². The zero-order valence-electron chi connectivity index (χ0n) is 12.6. The van der Waals surface area contributed by atoms with E-state index in [9.17, 15) is 0 Å². The molecule has 0 aliphatic heterocycles. The first kappa shape index (κ1) is 16.7. The lowest BCUT2D eigenvalue weighted by atomic mass is 10.0. The molecule has 0 spiro atoms. The second kappa shape index (κ2) is 8.72. The van der Waals surface area contributed by atoms with Crippen molar-refractivity contribution in [2.75, 3.05) is 0 Å². The molecule has 0 heterocycles. The fraction of sp³-hybridized carbons (Fsp3) is 0.100. The van der Waals surface area contributed by atoms with Gasteiger partial charge in [0, 0.05) is 0 Å². The first-order chi connectivity index (χ1) is 9.93. The first-order valence-electron chi connectivity index (χ1n) is 7.14. The maximum absolute atomic E-state index is 2.18. The molecule has 0 radical (unpaired) electrons. The highest BCUT2D eigenvalue weighted by atomic mass is 16.0. The summed E-state index contributed by atoms with van der Waals surface area (Å²) in [5.41, 5.74) is 5.04. The summed E-state index contributed by atoms with van der Waals surface area (Å²) in [6.45, 7) is 4.00. The Morgan fingerprint density at radius 2 is 0.619 bits per heavy atom. The summed E-state index contributed by atoms with van der Waals surface area (Å²) in [6, 6.07) is 29.6. The highest BCUT2D eigenvalue weighted by Gasteiger charge is 1.98. The fourth-order valence-corrected chi connectivity index (χ4v) is 2.12. The highest BCUT2D eigenvalue weighted by Crippen LogP contribution is 2.24. The third kappa shape index (κ3) is 4.30. The fourth-order valence-electron chi connectivity index (χ4n) is 2.12. The van der Waals surface area contributed by atoms with Crippen LogP contribution >= 0.6 is 0 Å². The van der Waals surface area contributed by atoms with Crippen molar-refractivity contribution < 1.29 is 5.48 Å². The molecule has 0 aromatic heterocycles. The molecule has 0 saturated carbocycles. The minimum absolute atomic E-state index is 0. The van der Waals surface area contributed by atoms with Crippen molar-refractivity contribution in [3.63, 3.8) is 0 Å². The van der Waals surface area contributed by atoms with Crippen LogP contribution in [0.15, 0.2) is 84.9 Å². The second-order valence-electron chi connectivity index (χ2n) is 4.31. The number of hydrogen-bond donors (Lipinski definition) is 0. The predicted molar refractivity (Wildman–Crippen MR) is 92.3 cm³/mol. The zero-order valence-corrected chi connectivity index (χ0v) is 12.6. The van der Waals surface area contributed by atoms with Gasteiger partial charge in [0.2, 0.25) is 0 Å². The molecule has 0 fully saturated rings. The minimum Gasteiger partial charge on any atom is -0.412 e. The van der Waals surface area contributed by atoms with Crippen molar-refractivity contribution in [3.8, 4) is 22.3 Å². The van der Waals surface area contributed by atoms with E-state index in [2.05, 4.69) is 72.8 Å². The van der Waals surface area contributed by atoms with Crippen LogP contribution in [0.1, 0.15) is 13.8 Å². The summed E-state index contributed by atoms with van der Waals surface area (Å²) in [5, 5.41) is 0. The van der Waals surface area contributed by atoms with Crippen molar-refractivity contribution in [1.82, 2.24) is 0 Å². The van der Waals surface area contributed by atoms with Crippen LogP contribution in [0.5, 0.6) is 0 Å². The third-order valence-corrected chi connectivity index (χ3v) is 3.10. The molecule has 0 bridgehead atoms. The van der Waals surface area contributed by atoms with E-state index in [0.717, 1.165) is 0 Å². The quantitative estimate of drug-likeness (QED) is 0.615. The summed E-state index contributed by atoms with van der Waals surface area (Å²) < 4.78 is 0. The summed E-state index contributed by atoms with van der Waals surface area (Å²) >= 11 is 0. The van der Waals surface area contributed by atoms with E-state index in [1.54, 1.807) is 0 Å². The van der Waals surface area contributed by atoms with E-state index in [0.29, 0.717) is 0 Å². The molecule has 0 saturated heterocycles. The van der Waals surface area contributed by atoms with Gasteiger partial charge in [-0.2, -0.15) is 0 Å². The van der Waals surface area contributed by atoms with E-state index in [1.807, 2.05) is 26.0 Å². The summed E-state index contributed by atoms with van der Waals surface area (Å²) in [6.07, 6.45) is 0. The Balaban J connectivity index is 0.000000706. The van der Waals surface area contributed by atoms with E-state index < -0.39 is 0 Å². The van der Waals surface area contributed by atoms with Crippen LogP contribution in [-0.4, -0.2) is 5.48 Å². The van der Waals surface area contributed by atoms with E-state index in [4.69, 9.17) is 0 Å². The van der Waals surface area contributed by atoms with Crippen LogP contribution in [0.2, 0.25) is 0 Å². The van der Waals surface area contributed by atoms with Crippen LogP contribution in [0, 0.1) is 0 Å². The zero-order chi connectivity index (χ0) is 14.2. The van der Waals surface area contributed by atoms with Gasteiger partial charge in [0.25, 0.3) is 0 Å². The average molecular weight is 278 g/mol. The van der Waals surface area contributed by atoms with Gasteiger partial charge in [0.1, 0.15) is 0 Å². The van der Waals surface area contributed by atoms with E-state index in [1.165, 1.54) is 22.3 Å². The maximum atomic E-state index is 2.18. The molecule has 3 rings (SSSR count). The standard InChI is InChI=1S/C18H14.C2H6.H2O/c1-3-7-15(8-4-1)17-11-13-18(14-12-17)16-9-5-2-6-10-16;1-2;/h1-14H;1-2H3;1H2. The summed E-state index contributed by atoms with van der Waals surface area (Å²) in [4.78, 5) is 0. The molecular weight excluding hydrogens is 256 g/mol. The van der Waals surface area contributed by atoms with Gasteiger partial charge in [0.05, 0.1) is 0 Å². The first-order valence-corrected chi connectivity index (χ1v) is 7.14. The molecule has 21 heavy (non-hydrogen) atoms. The number of rotatable bonds is 2. The largest absolute Gasteiger partial charge is 0.412 e. The summed E-state index contributed by atoms with van der Waals surface area (Å²) in [5.74, 6) is 0. The predicted octanol–water partition coefficient (Wildman–Crippen LogP) is 5.22. The average Bonchev–Trinajstić information content (AvgIpc) is 2.58. The lowest BCUT2D eigenvalue weighted by Crippen LogP contribution is -1.79.